The van der Waals surface area contributed by atoms with Crippen LogP contribution in [0.4, 0.5) is 8.78 Å². The van der Waals surface area contributed by atoms with E-state index in [4.69, 9.17) is 0 Å². The van der Waals surface area contributed by atoms with E-state index in [1.165, 1.54) is 23.3 Å². The normalized spacial score (nSPS) is 15.5. The molecule has 0 aliphatic heterocycles. The van der Waals surface area contributed by atoms with Gasteiger partial charge in [-0.1, -0.05) is 56.7 Å². The molecule has 3 N–H and O–H groups in total. The number of aryl methyl sites for hydroxylation is 2. The molecule has 7 heteroatoms. The van der Waals surface area contributed by atoms with Gasteiger partial charge in [0.05, 0.1) is 12.1 Å². The first kappa shape index (κ1) is 32.8. The number of carbonyl (C=O) groups is 1. The number of hydrogen-bond acceptors (Lipinski definition) is 4. The van der Waals surface area contributed by atoms with Crippen molar-refractivity contribution in [3.63, 3.8) is 0 Å². The number of hydrogen-bond donors (Lipinski definition) is 3. The molecule has 0 spiro atoms. The molecule has 5 nitrogen and oxygen atoms in total. The SMILES string of the molecule is CCc1cccc(C2(NC[C@@H](O)[C@H](Cc3cc(F)cc(F)c3)NC(=O)c3cc(C)cc(CN(C)CCC(C)C)c3)CC2)c1. The van der Waals surface area contributed by atoms with Gasteiger partial charge in [0, 0.05) is 30.3 Å². The van der Waals surface area contributed by atoms with Gasteiger partial charge in [-0.25, -0.2) is 8.78 Å². The minimum atomic E-state index is -0.992. The topological polar surface area (TPSA) is 64.6 Å². The lowest BCUT2D eigenvalue weighted by atomic mass is 9.97. The van der Waals surface area contributed by atoms with Crippen LogP contribution in [0, 0.1) is 24.5 Å². The van der Waals surface area contributed by atoms with Crippen molar-refractivity contribution in [2.75, 3.05) is 20.1 Å². The second-order valence-corrected chi connectivity index (χ2v) is 12.8. The molecule has 4 rings (SSSR count). The van der Waals surface area contributed by atoms with E-state index in [1.807, 2.05) is 19.1 Å². The van der Waals surface area contributed by atoms with Gasteiger partial charge >= 0.3 is 0 Å². The Kier molecular flexibility index (Phi) is 11.1. The molecule has 0 aromatic heterocycles. The minimum Gasteiger partial charge on any atom is -0.390 e. The molecule has 0 radical (unpaired) electrons. The lowest BCUT2D eigenvalue weighted by Crippen LogP contribution is -2.50. The highest BCUT2D eigenvalue weighted by Gasteiger charge is 2.44. The molecular formula is C36H47F2N3O2. The molecule has 2 atom stereocenters. The maximum absolute atomic E-state index is 14.1. The number of carbonyl (C=O) groups excluding carboxylic acids is 1. The first-order chi connectivity index (χ1) is 20.5. The molecule has 1 aliphatic carbocycles. The fourth-order valence-corrected chi connectivity index (χ4v) is 5.70. The first-order valence-electron chi connectivity index (χ1n) is 15.5. The summed E-state index contributed by atoms with van der Waals surface area (Å²) in [6.45, 7) is 10.4. The summed E-state index contributed by atoms with van der Waals surface area (Å²) in [5.74, 6) is -1.09. The molecule has 3 aromatic carbocycles. The average molecular weight is 592 g/mol. The van der Waals surface area contributed by atoms with Crippen LogP contribution < -0.4 is 10.6 Å². The van der Waals surface area contributed by atoms with Gasteiger partial charge in [0.25, 0.3) is 5.91 Å². The van der Waals surface area contributed by atoms with E-state index in [-0.39, 0.29) is 24.4 Å². The van der Waals surface area contributed by atoms with E-state index >= 15 is 0 Å². The van der Waals surface area contributed by atoms with Gasteiger partial charge < -0.3 is 20.6 Å². The maximum Gasteiger partial charge on any atom is 0.251 e. The van der Waals surface area contributed by atoms with Crippen LogP contribution in [0.25, 0.3) is 0 Å². The summed E-state index contributed by atoms with van der Waals surface area (Å²) in [6.07, 6.45) is 3.04. The van der Waals surface area contributed by atoms with Crippen LogP contribution in [0.3, 0.4) is 0 Å². The Labute approximate surface area is 255 Å². The maximum atomic E-state index is 14.1. The van der Waals surface area contributed by atoms with E-state index in [1.54, 1.807) is 0 Å². The van der Waals surface area contributed by atoms with E-state index in [0.29, 0.717) is 23.6 Å². The molecule has 3 aromatic rings. The molecule has 0 unspecified atom stereocenters. The van der Waals surface area contributed by atoms with Crippen LogP contribution in [-0.2, 0) is 24.9 Å². The fourth-order valence-electron chi connectivity index (χ4n) is 5.70. The van der Waals surface area contributed by atoms with E-state index in [2.05, 4.69) is 73.7 Å². The van der Waals surface area contributed by atoms with Gasteiger partial charge in [-0.2, -0.15) is 0 Å². The number of aliphatic hydroxyl groups is 1. The van der Waals surface area contributed by atoms with Crippen molar-refractivity contribution in [3.05, 3.63) is 106 Å². The van der Waals surface area contributed by atoms with Crippen LogP contribution in [0.5, 0.6) is 0 Å². The summed E-state index contributed by atoms with van der Waals surface area (Å²) in [4.78, 5) is 15.8. The lowest BCUT2D eigenvalue weighted by Gasteiger charge is -2.28. The van der Waals surface area contributed by atoms with Crippen molar-refractivity contribution >= 4 is 5.91 Å². The highest BCUT2D eigenvalue weighted by molar-refractivity contribution is 5.94. The second-order valence-electron chi connectivity index (χ2n) is 12.8. The lowest BCUT2D eigenvalue weighted by molar-refractivity contribution is 0.0821. The molecule has 1 fully saturated rings. The molecule has 0 bridgehead atoms. The first-order valence-corrected chi connectivity index (χ1v) is 15.5. The summed E-state index contributed by atoms with van der Waals surface area (Å²) in [5.41, 5.74) is 5.11. The highest BCUT2D eigenvalue weighted by Crippen LogP contribution is 2.45. The molecule has 0 saturated heterocycles. The molecule has 43 heavy (non-hydrogen) atoms. The summed E-state index contributed by atoms with van der Waals surface area (Å²) < 4.78 is 28.1. The number of halogens is 2. The van der Waals surface area contributed by atoms with Crippen LogP contribution in [-0.4, -0.2) is 48.2 Å². The predicted molar refractivity (Wildman–Crippen MR) is 169 cm³/mol. The molecule has 232 valence electrons. The zero-order valence-electron chi connectivity index (χ0n) is 26.2. The number of nitrogens with zero attached hydrogens (tertiary/aromatic N) is 1. The van der Waals surface area contributed by atoms with Crippen molar-refractivity contribution in [1.82, 2.24) is 15.5 Å². The Hall–Kier alpha value is -3.13. The molecular weight excluding hydrogens is 544 g/mol. The van der Waals surface area contributed by atoms with Crippen LogP contribution in [0.2, 0.25) is 0 Å². The van der Waals surface area contributed by atoms with Crippen molar-refractivity contribution in [1.29, 1.82) is 0 Å². The molecule has 1 saturated carbocycles. The third kappa shape index (κ3) is 9.43. The van der Waals surface area contributed by atoms with Crippen molar-refractivity contribution < 1.29 is 18.7 Å². The zero-order chi connectivity index (χ0) is 31.1. The predicted octanol–water partition coefficient (Wildman–Crippen LogP) is 6.29. The minimum absolute atomic E-state index is 0.0815. The van der Waals surface area contributed by atoms with Gasteiger partial charge in [-0.05, 0) is 105 Å². The monoisotopic (exact) mass is 591 g/mol. The van der Waals surface area contributed by atoms with Crippen molar-refractivity contribution in [3.8, 4) is 0 Å². The second kappa shape index (κ2) is 14.6. The summed E-state index contributed by atoms with van der Waals surface area (Å²) in [6, 6.07) is 16.8. The van der Waals surface area contributed by atoms with Gasteiger partial charge in [-0.3, -0.25) is 4.79 Å². The van der Waals surface area contributed by atoms with Crippen LogP contribution in [0.15, 0.2) is 60.7 Å². The van der Waals surface area contributed by atoms with Crippen molar-refractivity contribution in [2.24, 2.45) is 5.92 Å². The summed E-state index contributed by atoms with van der Waals surface area (Å²) in [5, 5.41) is 17.9. The number of benzene rings is 3. The number of nitrogens with one attached hydrogen (secondary N) is 2. The fraction of sp³-hybridized carbons (Fsp3) is 0.472. The Balaban J connectivity index is 1.50. The van der Waals surface area contributed by atoms with Crippen LogP contribution >= 0.6 is 0 Å². The summed E-state index contributed by atoms with van der Waals surface area (Å²) >= 11 is 0. The Bertz CT molecular complexity index is 1370. The zero-order valence-corrected chi connectivity index (χ0v) is 26.2. The van der Waals surface area contributed by atoms with Gasteiger partial charge in [0.2, 0.25) is 0 Å². The summed E-state index contributed by atoms with van der Waals surface area (Å²) in [7, 11) is 2.08. The molecule has 1 aliphatic rings. The Morgan fingerprint density at radius 2 is 1.72 bits per heavy atom. The van der Waals surface area contributed by atoms with Gasteiger partial charge in [0.1, 0.15) is 11.6 Å². The Morgan fingerprint density at radius 1 is 1.00 bits per heavy atom. The number of rotatable bonds is 15. The van der Waals surface area contributed by atoms with E-state index in [0.717, 1.165) is 49.4 Å². The molecule has 1 amide bonds. The number of amides is 1. The van der Waals surface area contributed by atoms with Gasteiger partial charge in [-0.15, -0.1) is 0 Å². The standard InChI is InChI=1S/C36H47F2N3O2/c1-6-26-8-7-9-30(17-26)36(11-12-36)39-22-34(42)33(20-27-18-31(37)21-32(38)19-27)40-35(43)29-15-25(4)14-28(16-29)23-41(5)13-10-24(2)3/h7-9,14-19,21,24,33-34,39,42H,6,10-13,20,22-23H2,1-5H3,(H,40,43)/t33-,34+/m0/s1. The molecule has 0 heterocycles. The van der Waals surface area contributed by atoms with E-state index in [9.17, 15) is 18.7 Å². The average Bonchev–Trinajstić information content (AvgIpc) is 3.75. The smallest absolute Gasteiger partial charge is 0.251 e. The van der Waals surface area contributed by atoms with Gasteiger partial charge in [0.15, 0.2) is 0 Å². The third-order valence-corrected chi connectivity index (χ3v) is 8.39. The van der Waals surface area contributed by atoms with Crippen molar-refractivity contribution in [2.45, 2.75) is 84.0 Å². The number of aliphatic hydroxyl groups excluding tert-OH is 1. The van der Waals surface area contributed by atoms with E-state index < -0.39 is 23.8 Å². The quantitative estimate of drug-likeness (QED) is 0.194. The Morgan fingerprint density at radius 3 is 2.37 bits per heavy atom. The third-order valence-electron chi connectivity index (χ3n) is 8.39. The largest absolute Gasteiger partial charge is 0.390 e. The highest BCUT2D eigenvalue weighted by atomic mass is 19.1. The van der Waals surface area contributed by atoms with Crippen LogP contribution in [0.1, 0.15) is 78.2 Å².